The van der Waals surface area contributed by atoms with Crippen LogP contribution in [-0.2, 0) is 0 Å². The summed E-state index contributed by atoms with van der Waals surface area (Å²) in [5.74, 6) is 0. The monoisotopic (exact) mass is 233 g/mol. The van der Waals surface area contributed by atoms with Gasteiger partial charge in [-0.15, -0.1) is 0 Å². The number of nitrogens with one attached hydrogen (secondary N) is 2. The Morgan fingerprint density at radius 2 is 2.12 bits per heavy atom. The van der Waals surface area contributed by atoms with Crippen molar-refractivity contribution in [2.45, 2.75) is 19.4 Å². The van der Waals surface area contributed by atoms with Crippen molar-refractivity contribution in [3.8, 4) is 0 Å². The van der Waals surface area contributed by atoms with Crippen molar-refractivity contribution in [2.24, 2.45) is 0 Å². The van der Waals surface area contributed by atoms with Crippen LogP contribution in [0.15, 0.2) is 30.3 Å². The zero-order valence-corrected chi connectivity index (χ0v) is 10.1. The van der Waals surface area contributed by atoms with Crippen LogP contribution in [-0.4, -0.2) is 36.6 Å². The van der Waals surface area contributed by atoms with Crippen molar-refractivity contribution >= 4 is 11.7 Å². The van der Waals surface area contributed by atoms with Crippen LogP contribution in [0.1, 0.15) is 13.3 Å². The van der Waals surface area contributed by atoms with Crippen molar-refractivity contribution in [1.82, 2.24) is 10.2 Å². The van der Waals surface area contributed by atoms with Crippen LogP contribution < -0.4 is 10.6 Å². The molecule has 0 bridgehead atoms. The summed E-state index contributed by atoms with van der Waals surface area (Å²) in [7, 11) is 0. The third-order valence-corrected chi connectivity index (χ3v) is 3.02. The second-order valence-electron chi connectivity index (χ2n) is 4.43. The summed E-state index contributed by atoms with van der Waals surface area (Å²) in [6.45, 7) is 4.60. The van der Waals surface area contributed by atoms with E-state index >= 15 is 0 Å². The molecule has 1 aliphatic heterocycles. The average molecular weight is 233 g/mol. The highest BCUT2D eigenvalue weighted by Gasteiger charge is 2.17. The zero-order chi connectivity index (χ0) is 12.1. The number of carbonyl (C=O) groups excluding carboxylic acids is 1. The Balaban J connectivity index is 1.91. The standard InChI is InChI=1S/C13H19N3O/c1-11-7-9-16(10-8-14-11)13(17)15-12-5-3-2-4-6-12/h2-6,11,14H,7-10H2,1H3,(H,15,17). The molecule has 1 aromatic rings. The first-order valence-electron chi connectivity index (χ1n) is 6.10. The lowest BCUT2D eigenvalue weighted by atomic mass is 10.2. The molecule has 1 atom stereocenters. The van der Waals surface area contributed by atoms with Gasteiger partial charge in [0.25, 0.3) is 0 Å². The van der Waals surface area contributed by atoms with Crippen molar-refractivity contribution in [1.29, 1.82) is 0 Å². The van der Waals surface area contributed by atoms with Crippen molar-refractivity contribution < 1.29 is 4.79 Å². The summed E-state index contributed by atoms with van der Waals surface area (Å²) in [5, 5.41) is 6.28. The van der Waals surface area contributed by atoms with Gasteiger partial charge in [0, 0.05) is 31.4 Å². The lowest BCUT2D eigenvalue weighted by Gasteiger charge is -2.20. The van der Waals surface area contributed by atoms with Gasteiger partial charge in [0.15, 0.2) is 0 Å². The third kappa shape index (κ3) is 3.46. The van der Waals surface area contributed by atoms with Gasteiger partial charge in [-0.3, -0.25) is 0 Å². The average Bonchev–Trinajstić information content (AvgIpc) is 2.55. The zero-order valence-electron chi connectivity index (χ0n) is 10.1. The summed E-state index contributed by atoms with van der Waals surface area (Å²) in [6, 6.07) is 10.1. The molecule has 4 nitrogen and oxygen atoms in total. The minimum atomic E-state index is -0.00731. The highest BCUT2D eigenvalue weighted by atomic mass is 16.2. The maximum atomic E-state index is 12.0. The Bertz CT molecular complexity index is 366. The van der Waals surface area contributed by atoms with E-state index in [1.54, 1.807) is 0 Å². The maximum absolute atomic E-state index is 12.0. The van der Waals surface area contributed by atoms with Crippen LogP contribution in [0.2, 0.25) is 0 Å². The van der Waals surface area contributed by atoms with E-state index in [4.69, 9.17) is 0 Å². The van der Waals surface area contributed by atoms with Gasteiger partial charge in [-0.05, 0) is 25.5 Å². The molecule has 1 heterocycles. The number of hydrogen-bond donors (Lipinski definition) is 2. The van der Waals surface area contributed by atoms with E-state index in [9.17, 15) is 4.79 Å². The highest BCUT2D eigenvalue weighted by molar-refractivity contribution is 5.89. The van der Waals surface area contributed by atoms with Gasteiger partial charge in [-0.25, -0.2) is 4.79 Å². The maximum Gasteiger partial charge on any atom is 0.321 e. The summed E-state index contributed by atoms with van der Waals surface area (Å²) >= 11 is 0. The molecule has 1 fully saturated rings. The lowest BCUT2D eigenvalue weighted by Crippen LogP contribution is -2.37. The Hall–Kier alpha value is -1.55. The van der Waals surface area contributed by atoms with Gasteiger partial charge in [-0.1, -0.05) is 18.2 Å². The topological polar surface area (TPSA) is 44.4 Å². The number of benzene rings is 1. The molecular weight excluding hydrogens is 214 g/mol. The molecule has 17 heavy (non-hydrogen) atoms. The quantitative estimate of drug-likeness (QED) is 0.778. The number of hydrogen-bond acceptors (Lipinski definition) is 2. The van der Waals surface area contributed by atoms with Crippen LogP contribution in [0.3, 0.4) is 0 Å². The Kier molecular flexibility index (Phi) is 3.98. The predicted octanol–water partition coefficient (Wildman–Crippen LogP) is 1.90. The Morgan fingerprint density at radius 1 is 1.35 bits per heavy atom. The van der Waals surface area contributed by atoms with Gasteiger partial charge < -0.3 is 15.5 Å². The molecule has 2 N–H and O–H groups in total. The van der Waals surface area contributed by atoms with Crippen LogP contribution in [0.25, 0.3) is 0 Å². The van der Waals surface area contributed by atoms with E-state index in [-0.39, 0.29) is 6.03 Å². The first kappa shape index (κ1) is 11.9. The fourth-order valence-corrected chi connectivity index (χ4v) is 1.94. The first-order chi connectivity index (χ1) is 8.25. The van der Waals surface area contributed by atoms with Gasteiger partial charge in [0.05, 0.1) is 0 Å². The summed E-state index contributed by atoms with van der Waals surface area (Å²) < 4.78 is 0. The van der Waals surface area contributed by atoms with Crippen LogP contribution in [0.4, 0.5) is 10.5 Å². The minimum Gasteiger partial charge on any atom is -0.323 e. The van der Waals surface area contributed by atoms with Gasteiger partial charge in [0.2, 0.25) is 0 Å². The molecule has 2 amide bonds. The highest BCUT2D eigenvalue weighted by Crippen LogP contribution is 2.08. The fourth-order valence-electron chi connectivity index (χ4n) is 1.94. The van der Waals surface area contributed by atoms with Crippen LogP contribution in [0, 0.1) is 0 Å². The normalized spacial score (nSPS) is 20.8. The number of para-hydroxylation sites is 1. The molecule has 0 saturated carbocycles. The number of anilines is 1. The molecular formula is C13H19N3O. The van der Waals surface area contributed by atoms with E-state index < -0.39 is 0 Å². The number of amides is 2. The van der Waals surface area contributed by atoms with Crippen molar-refractivity contribution in [3.05, 3.63) is 30.3 Å². The minimum absolute atomic E-state index is 0.00731. The molecule has 0 aliphatic carbocycles. The van der Waals surface area contributed by atoms with E-state index in [0.717, 1.165) is 31.7 Å². The smallest absolute Gasteiger partial charge is 0.321 e. The van der Waals surface area contributed by atoms with E-state index in [2.05, 4.69) is 17.6 Å². The Morgan fingerprint density at radius 3 is 2.88 bits per heavy atom. The molecule has 1 aromatic carbocycles. The third-order valence-electron chi connectivity index (χ3n) is 3.02. The molecule has 2 rings (SSSR count). The van der Waals surface area contributed by atoms with Crippen molar-refractivity contribution in [2.75, 3.05) is 25.0 Å². The Labute approximate surface area is 102 Å². The number of nitrogens with zero attached hydrogens (tertiary/aromatic N) is 1. The second-order valence-corrected chi connectivity index (χ2v) is 4.43. The fraction of sp³-hybridized carbons (Fsp3) is 0.462. The first-order valence-corrected chi connectivity index (χ1v) is 6.10. The molecule has 4 heteroatoms. The SMILES string of the molecule is CC1CCN(C(=O)Nc2ccccc2)CCN1. The van der Waals surface area contributed by atoms with Crippen molar-refractivity contribution in [3.63, 3.8) is 0 Å². The largest absolute Gasteiger partial charge is 0.323 e. The van der Waals surface area contributed by atoms with Crippen LogP contribution in [0.5, 0.6) is 0 Å². The lowest BCUT2D eigenvalue weighted by molar-refractivity contribution is 0.215. The summed E-state index contributed by atoms with van der Waals surface area (Å²) in [6.07, 6.45) is 1.00. The van der Waals surface area contributed by atoms with E-state index in [1.165, 1.54) is 0 Å². The molecule has 1 aliphatic rings. The molecule has 1 saturated heterocycles. The van der Waals surface area contributed by atoms with E-state index in [1.807, 2.05) is 35.2 Å². The predicted molar refractivity (Wildman–Crippen MR) is 69.1 cm³/mol. The molecule has 0 aromatic heterocycles. The molecule has 0 radical (unpaired) electrons. The van der Waals surface area contributed by atoms with Gasteiger partial charge in [-0.2, -0.15) is 0 Å². The number of rotatable bonds is 1. The van der Waals surface area contributed by atoms with E-state index in [0.29, 0.717) is 6.04 Å². The second kappa shape index (κ2) is 5.68. The molecule has 92 valence electrons. The summed E-state index contributed by atoms with van der Waals surface area (Å²) in [5.41, 5.74) is 0.850. The number of urea groups is 1. The van der Waals surface area contributed by atoms with Gasteiger partial charge >= 0.3 is 6.03 Å². The molecule has 0 spiro atoms. The van der Waals surface area contributed by atoms with Gasteiger partial charge in [0.1, 0.15) is 0 Å². The molecule has 1 unspecified atom stereocenters. The summed E-state index contributed by atoms with van der Waals surface area (Å²) in [4.78, 5) is 13.9. The number of carbonyl (C=O) groups is 1. The van der Waals surface area contributed by atoms with Crippen LogP contribution >= 0.6 is 0 Å².